The quantitative estimate of drug-likeness (QED) is 0.807. The van der Waals surface area contributed by atoms with E-state index in [-0.39, 0.29) is 0 Å². The highest BCUT2D eigenvalue weighted by atomic mass is 35.5. The molecule has 0 saturated heterocycles. The van der Waals surface area contributed by atoms with Gasteiger partial charge in [-0.15, -0.1) is 11.3 Å². The molecule has 1 aromatic heterocycles. The number of rotatable bonds is 4. The maximum Gasteiger partial charge on any atom is 0.0492 e. The second-order valence-corrected chi connectivity index (χ2v) is 6.72. The molecule has 0 bridgehead atoms. The van der Waals surface area contributed by atoms with E-state index < -0.39 is 0 Å². The lowest BCUT2D eigenvalue weighted by atomic mass is 10.0. The second kappa shape index (κ2) is 6.08. The first kappa shape index (κ1) is 14.6. The third kappa shape index (κ3) is 3.19. The summed E-state index contributed by atoms with van der Waals surface area (Å²) in [5.74, 6) is 0.574. The van der Waals surface area contributed by atoms with Crippen molar-refractivity contribution >= 4 is 22.9 Å². The molecule has 0 fully saturated rings. The van der Waals surface area contributed by atoms with Gasteiger partial charge < -0.3 is 5.32 Å². The van der Waals surface area contributed by atoms with E-state index in [1.807, 2.05) is 30.5 Å². The Morgan fingerprint density at radius 2 is 1.89 bits per heavy atom. The molecule has 0 aliphatic rings. The predicted octanol–water partition coefficient (Wildman–Crippen LogP) is 5.29. The Labute approximate surface area is 124 Å². The Hall–Kier alpha value is -0.830. The minimum atomic E-state index is 0.405. The molecule has 1 nitrogen and oxygen atoms in total. The molecule has 1 N–H and O–H groups in total. The first-order valence-corrected chi connectivity index (χ1v) is 7.76. The van der Waals surface area contributed by atoms with Crippen molar-refractivity contribution < 1.29 is 0 Å². The van der Waals surface area contributed by atoms with Gasteiger partial charge in [-0.25, -0.2) is 0 Å². The lowest BCUT2D eigenvalue weighted by Gasteiger charge is -2.18. The normalized spacial score (nSPS) is 12.9. The van der Waals surface area contributed by atoms with Crippen molar-refractivity contribution in [2.75, 3.05) is 7.05 Å². The van der Waals surface area contributed by atoms with Crippen LogP contribution in [0, 0.1) is 12.8 Å². The molecule has 1 aromatic carbocycles. The van der Waals surface area contributed by atoms with Gasteiger partial charge in [-0.05, 0) is 44.2 Å². The highest BCUT2D eigenvalue weighted by molar-refractivity contribution is 7.15. The number of thiophene rings is 1. The highest BCUT2D eigenvalue weighted by Crippen LogP contribution is 2.37. The Kier molecular flexibility index (Phi) is 4.67. The fourth-order valence-electron chi connectivity index (χ4n) is 2.30. The molecule has 0 amide bonds. The van der Waals surface area contributed by atoms with Crippen LogP contribution < -0.4 is 5.32 Å². The summed E-state index contributed by atoms with van der Waals surface area (Å²) in [7, 11) is 2.02. The number of benzene rings is 1. The van der Waals surface area contributed by atoms with Crippen molar-refractivity contribution in [2.45, 2.75) is 26.8 Å². The minimum absolute atomic E-state index is 0.405. The van der Waals surface area contributed by atoms with E-state index in [2.05, 4.69) is 44.3 Å². The molecule has 2 aromatic rings. The van der Waals surface area contributed by atoms with E-state index in [1.165, 1.54) is 15.3 Å². The number of aryl methyl sites for hydroxylation is 1. The topological polar surface area (TPSA) is 12.0 Å². The first-order chi connectivity index (χ1) is 9.02. The van der Waals surface area contributed by atoms with Gasteiger partial charge in [-0.3, -0.25) is 0 Å². The summed E-state index contributed by atoms with van der Waals surface area (Å²) in [6, 6.07) is 11.0. The summed E-state index contributed by atoms with van der Waals surface area (Å²) < 4.78 is 0. The van der Waals surface area contributed by atoms with Crippen LogP contribution in [-0.2, 0) is 0 Å². The molecular weight excluding hydrogens is 274 g/mol. The van der Waals surface area contributed by atoms with Crippen LogP contribution in [0.25, 0.3) is 10.4 Å². The maximum absolute atomic E-state index is 6.31. The van der Waals surface area contributed by atoms with Gasteiger partial charge >= 0.3 is 0 Å². The lowest BCUT2D eigenvalue weighted by molar-refractivity contribution is 0.449. The molecule has 1 heterocycles. The van der Waals surface area contributed by atoms with Gasteiger partial charge in [-0.2, -0.15) is 0 Å². The van der Waals surface area contributed by atoms with E-state index in [0.717, 1.165) is 10.6 Å². The van der Waals surface area contributed by atoms with Gasteiger partial charge in [0.15, 0.2) is 0 Å². The number of halogens is 1. The van der Waals surface area contributed by atoms with Gasteiger partial charge in [0.05, 0.1) is 0 Å². The van der Waals surface area contributed by atoms with E-state index in [1.54, 1.807) is 0 Å². The summed E-state index contributed by atoms with van der Waals surface area (Å²) in [6.07, 6.45) is 0. The number of hydrogen-bond donors (Lipinski definition) is 1. The van der Waals surface area contributed by atoms with Crippen LogP contribution in [0.3, 0.4) is 0 Å². The molecule has 0 saturated carbocycles. The largest absolute Gasteiger partial charge is 0.312 e. The maximum atomic E-state index is 6.31. The summed E-state index contributed by atoms with van der Waals surface area (Å²) in [6.45, 7) is 6.57. The summed E-state index contributed by atoms with van der Waals surface area (Å²) in [5, 5.41) is 4.21. The van der Waals surface area contributed by atoms with Gasteiger partial charge in [-0.1, -0.05) is 37.1 Å². The molecule has 0 spiro atoms. The van der Waals surface area contributed by atoms with Crippen molar-refractivity contribution in [1.29, 1.82) is 0 Å². The van der Waals surface area contributed by atoms with Crippen molar-refractivity contribution in [1.82, 2.24) is 5.32 Å². The van der Waals surface area contributed by atoms with Gasteiger partial charge in [0.25, 0.3) is 0 Å². The van der Waals surface area contributed by atoms with Crippen LogP contribution in [-0.4, -0.2) is 7.05 Å². The van der Waals surface area contributed by atoms with Crippen molar-refractivity contribution in [3.05, 3.63) is 45.8 Å². The van der Waals surface area contributed by atoms with E-state index >= 15 is 0 Å². The van der Waals surface area contributed by atoms with Gasteiger partial charge in [0.2, 0.25) is 0 Å². The van der Waals surface area contributed by atoms with E-state index in [0.29, 0.717) is 12.0 Å². The van der Waals surface area contributed by atoms with Crippen LogP contribution in [0.1, 0.15) is 30.3 Å². The van der Waals surface area contributed by atoms with Crippen molar-refractivity contribution in [2.24, 2.45) is 5.92 Å². The molecule has 1 unspecified atom stereocenters. The molecular formula is C16H20ClNS. The van der Waals surface area contributed by atoms with Crippen LogP contribution >= 0.6 is 22.9 Å². The van der Waals surface area contributed by atoms with Crippen LogP contribution in [0.2, 0.25) is 5.02 Å². The summed E-state index contributed by atoms with van der Waals surface area (Å²) >= 11 is 8.13. The SMILES string of the molecule is CNC(c1ccc(-c2cc(C)ccc2Cl)s1)C(C)C. The zero-order valence-electron chi connectivity index (χ0n) is 11.8. The average molecular weight is 294 g/mol. The van der Waals surface area contributed by atoms with Crippen molar-refractivity contribution in [3.8, 4) is 10.4 Å². The van der Waals surface area contributed by atoms with Crippen LogP contribution in [0.15, 0.2) is 30.3 Å². The van der Waals surface area contributed by atoms with Gasteiger partial charge in [0.1, 0.15) is 0 Å². The number of hydrogen-bond acceptors (Lipinski definition) is 2. The average Bonchev–Trinajstić information content (AvgIpc) is 2.82. The molecule has 2 rings (SSSR count). The minimum Gasteiger partial charge on any atom is -0.312 e. The first-order valence-electron chi connectivity index (χ1n) is 6.56. The zero-order valence-corrected chi connectivity index (χ0v) is 13.4. The molecule has 19 heavy (non-hydrogen) atoms. The number of nitrogens with one attached hydrogen (secondary N) is 1. The molecule has 102 valence electrons. The predicted molar refractivity (Wildman–Crippen MR) is 86.1 cm³/mol. The van der Waals surface area contributed by atoms with Gasteiger partial charge in [0, 0.05) is 26.4 Å². The Morgan fingerprint density at radius 3 is 2.53 bits per heavy atom. The lowest BCUT2D eigenvalue weighted by Crippen LogP contribution is -2.20. The van der Waals surface area contributed by atoms with Crippen LogP contribution in [0.4, 0.5) is 0 Å². The summed E-state index contributed by atoms with van der Waals surface area (Å²) in [5.41, 5.74) is 2.37. The van der Waals surface area contributed by atoms with E-state index in [9.17, 15) is 0 Å². The standard InChI is InChI=1S/C16H20ClNS/c1-10(2)16(18-4)15-8-7-14(19-15)12-9-11(3)5-6-13(12)17/h5-10,16,18H,1-4H3. The molecule has 3 heteroatoms. The molecule has 0 radical (unpaired) electrons. The second-order valence-electron chi connectivity index (χ2n) is 5.20. The Morgan fingerprint density at radius 1 is 1.16 bits per heavy atom. The molecule has 0 aliphatic heterocycles. The zero-order chi connectivity index (χ0) is 14.0. The van der Waals surface area contributed by atoms with E-state index in [4.69, 9.17) is 11.6 Å². The third-order valence-electron chi connectivity index (χ3n) is 3.30. The Balaban J connectivity index is 2.38. The third-order valence-corrected chi connectivity index (χ3v) is 4.83. The molecule has 0 aliphatic carbocycles. The summed E-state index contributed by atoms with van der Waals surface area (Å²) in [4.78, 5) is 2.61. The smallest absolute Gasteiger partial charge is 0.0492 e. The highest BCUT2D eigenvalue weighted by Gasteiger charge is 2.16. The fraction of sp³-hybridized carbons (Fsp3) is 0.375. The fourth-order valence-corrected chi connectivity index (χ4v) is 3.89. The van der Waals surface area contributed by atoms with Crippen molar-refractivity contribution in [3.63, 3.8) is 0 Å². The Bertz CT molecular complexity index is 560. The monoisotopic (exact) mass is 293 g/mol. The van der Waals surface area contributed by atoms with Crippen LogP contribution in [0.5, 0.6) is 0 Å². The molecule has 1 atom stereocenters.